The maximum absolute atomic E-state index is 11.2. The van der Waals surface area contributed by atoms with E-state index in [1.165, 1.54) is 23.7 Å². The molecule has 0 amide bonds. The van der Waals surface area contributed by atoms with Crippen LogP contribution < -0.4 is 0 Å². The molecule has 0 radical (unpaired) electrons. The van der Waals surface area contributed by atoms with Gasteiger partial charge < -0.3 is 9.30 Å². The lowest BCUT2D eigenvalue weighted by molar-refractivity contribution is -0.137. The largest absolute Gasteiger partial charge is 0.468 e. The summed E-state index contributed by atoms with van der Waals surface area (Å²) in [6, 6.07) is 2.15. The molecule has 0 saturated carbocycles. The van der Waals surface area contributed by atoms with Gasteiger partial charge in [0.15, 0.2) is 11.0 Å². The van der Waals surface area contributed by atoms with Crippen molar-refractivity contribution in [1.29, 1.82) is 0 Å². The molecule has 2 heterocycles. The molecule has 5 nitrogen and oxygen atoms in total. The van der Waals surface area contributed by atoms with E-state index in [9.17, 15) is 4.79 Å². The van der Waals surface area contributed by atoms with E-state index in [4.69, 9.17) is 0 Å². The molecule has 2 aromatic heterocycles. The third-order valence-corrected chi connectivity index (χ3v) is 5.06. The van der Waals surface area contributed by atoms with Crippen molar-refractivity contribution in [3.8, 4) is 11.4 Å². The average molecular weight is 311 g/mol. The summed E-state index contributed by atoms with van der Waals surface area (Å²) < 4.78 is 6.52. The van der Waals surface area contributed by atoms with E-state index in [-0.39, 0.29) is 11.7 Å². The van der Waals surface area contributed by atoms with E-state index < -0.39 is 0 Å². The summed E-state index contributed by atoms with van der Waals surface area (Å²) in [5.41, 5.74) is 1.07. The maximum Gasteiger partial charge on any atom is 0.316 e. The fourth-order valence-corrected chi connectivity index (χ4v) is 3.29. The van der Waals surface area contributed by atoms with Crippen LogP contribution >= 0.6 is 23.1 Å². The minimum Gasteiger partial charge on any atom is -0.468 e. The summed E-state index contributed by atoms with van der Waals surface area (Å²) in [5.74, 6) is 1.30. The van der Waals surface area contributed by atoms with E-state index in [2.05, 4.69) is 40.2 Å². The molecule has 2 aromatic rings. The third-order valence-electron chi connectivity index (χ3n) is 2.83. The van der Waals surface area contributed by atoms with Gasteiger partial charge in [-0.3, -0.25) is 4.79 Å². The number of methoxy groups -OCH3 is 1. The molecule has 0 aliphatic carbocycles. The predicted molar refractivity (Wildman–Crippen MR) is 81.1 cm³/mol. The average Bonchev–Trinajstić information content (AvgIpc) is 3.03. The van der Waals surface area contributed by atoms with Crippen LogP contribution in [0.25, 0.3) is 11.4 Å². The van der Waals surface area contributed by atoms with Gasteiger partial charge in [0.1, 0.15) is 0 Å². The molecule has 0 aliphatic heterocycles. The number of esters is 1. The Hall–Kier alpha value is -1.34. The molecule has 0 bridgehead atoms. The zero-order chi connectivity index (χ0) is 14.7. The quantitative estimate of drug-likeness (QED) is 0.627. The molecule has 20 heavy (non-hydrogen) atoms. The van der Waals surface area contributed by atoms with Crippen LogP contribution in [0.15, 0.2) is 16.6 Å². The van der Waals surface area contributed by atoms with Crippen molar-refractivity contribution in [1.82, 2.24) is 14.8 Å². The Morgan fingerprint density at radius 1 is 1.50 bits per heavy atom. The lowest BCUT2D eigenvalue weighted by Gasteiger charge is -2.02. The van der Waals surface area contributed by atoms with Crippen molar-refractivity contribution in [2.75, 3.05) is 12.9 Å². The summed E-state index contributed by atoms with van der Waals surface area (Å²) in [4.78, 5) is 12.5. The van der Waals surface area contributed by atoms with E-state index in [0.717, 1.165) is 11.4 Å². The van der Waals surface area contributed by atoms with Gasteiger partial charge >= 0.3 is 5.97 Å². The van der Waals surface area contributed by atoms with Crippen molar-refractivity contribution < 1.29 is 9.53 Å². The van der Waals surface area contributed by atoms with Gasteiger partial charge in [0.05, 0.1) is 12.9 Å². The lowest BCUT2D eigenvalue weighted by Crippen LogP contribution is -2.04. The molecule has 0 saturated heterocycles. The molecule has 0 aliphatic rings. The number of nitrogens with zero attached hydrogens (tertiary/aromatic N) is 3. The second-order valence-corrected chi connectivity index (χ2v) is 6.51. The summed E-state index contributed by atoms with van der Waals surface area (Å²) in [7, 11) is 3.28. The van der Waals surface area contributed by atoms with Gasteiger partial charge in [-0.25, -0.2) is 0 Å². The Labute approximate surface area is 126 Å². The minimum atomic E-state index is -0.267. The van der Waals surface area contributed by atoms with E-state index in [0.29, 0.717) is 11.1 Å². The van der Waals surface area contributed by atoms with Crippen LogP contribution in [-0.4, -0.2) is 33.6 Å². The number of carbonyl (C=O) groups excluding carboxylic acids is 1. The van der Waals surface area contributed by atoms with Gasteiger partial charge in [-0.15, -0.1) is 21.5 Å². The van der Waals surface area contributed by atoms with Crippen LogP contribution in [0.5, 0.6) is 0 Å². The van der Waals surface area contributed by atoms with Crippen LogP contribution in [0, 0.1) is 0 Å². The summed E-state index contributed by atoms with van der Waals surface area (Å²) in [6.07, 6.45) is 0. The summed E-state index contributed by atoms with van der Waals surface area (Å²) in [5, 5.41) is 11.1. The molecule has 0 atom stereocenters. The van der Waals surface area contributed by atoms with Gasteiger partial charge in [-0.2, -0.15) is 0 Å². The molecule has 0 spiro atoms. The zero-order valence-corrected chi connectivity index (χ0v) is 13.5. The highest BCUT2D eigenvalue weighted by Gasteiger charge is 2.15. The van der Waals surface area contributed by atoms with Crippen LogP contribution in [0.1, 0.15) is 24.6 Å². The van der Waals surface area contributed by atoms with E-state index in [1.807, 2.05) is 11.6 Å². The van der Waals surface area contributed by atoms with Gasteiger partial charge in [0, 0.05) is 22.9 Å². The van der Waals surface area contributed by atoms with E-state index >= 15 is 0 Å². The smallest absolute Gasteiger partial charge is 0.316 e. The van der Waals surface area contributed by atoms with Crippen LogP contribution in [0.4, 0.5) is 0 Å². The molecule has 0 fully saturated rings. The van der Waals surface area contributed by atoms with Crippen molar-refractivity contribution in [2.24, 2.45) is 7.05 Å². The molecule has 7 heteroatoms. The second-order valence-electron chi connectivity index (χ2n) is 4.62. The minimum absolute atomic E-state index is 0.239. The maximum atomic E-state index is 11.2. The van der Waals surface area contributed by atoms with Crippen LogP contribution in [0.3, 0.4) is 0 Å². The predicted octanol–water partition coefficient (Wildman–Crippen LogP) is 2.93. The lowest BCUT2D eigenvalue weighted by atomic mass is 10.1. The number of hydrogen-bond acceptors (Lipinski definition) is 6. The number of thioether (sulfide) groups is 1. The Kier molecular flexibility index (Phi) is 4.82. The highest BCUT2D eigenvalue weighted by atomic mass is 32.2. The Morgan fingerprint density at radius 3 is 2.85 bits per heavy atom. The molecule has 0 N–H and O–H groups in total. The topological polar surface area (TPSA) is 57.0 Å². The standard InChI is InChI=1S/C13H17N3O2S2/c1-8(2)10-5-9(6-19-10)12-14-15-13(16(12)3)20-7-11(17)18-4/h5-6,8H,7H2,1-4H3. The Balaban J connectivity index is 2.17. The molecular formula is C13H17N3O2S2. The number of hydrogen-bond donors (Lipinski definition) is 0. The van der Waals surface area contributed by atoms with E-state index in [1.54, 1.807) is 11.3 Å². The molecule has 108 valence electrons. The third kappa shape index (κ3) is 3.21. The second kappa shape index (κ2) is 6.41. The highest BCUT2D eigenvalue weighted by molar-refractivity contribution is 7.99. The van der Waals surface area contributed by atoms with Crippen molar-refractivity contribution in [2.45, 2.75) is 24.9 Å². The fourth-order valence-electron chi connectivity index (χ4n) is 1.65. The first kappa shape index (κ1) is 15.1. The first-order valence-electron chi connectivity index (χ1n) is 6.20. The number of ether oxygens (including phenoxy) is 1. The highest BCUT2D eigenvalue weighted by Crippen LogP contribution is 2.30. The van der Waals surface area contributed by atoms with Crippen LogP contribution in [-0.2, 0) is 16.6 Å². The summed E-state index contributed by atoms with van der Waals surface area (Å²) >= 11 is 3.06. The van der Waals surface area contributed by atoms with Crippen molar-refractivity contribution in [3.05, 3.63) is 16.3 Å². The SMILES string of the molecule is COC(=O)CSc1nnc(-c2csc(C(C)C)c2)n1C. The zero-order valence-electron chi connectivity index (χ0n) is 11.9. The number of carbonyl (C=O) groups is 1. The van der Waals surface area contributed by atoms with Crippen molar-refractivity contribution in [3.63, 3.8) is 0 Å². The Morgan fingerprint density at radius 2 is 2.25 bits per heavy atom. The van der Waals surface area contributed by atoms with Crippen molar-refractivity contribution >= 4 is 29.1 Å². The first-order chi connectivity index (χ1) is 9.52. The normalized spacial score (nSPS) is 11.1. The molecule has 2 rings (SSSR count). The van der Waals surface area contributed by atoms with Crippen LogP contribution in [0.2, 0.25) is 0 Å². The molecule has 0 aromatic carbocycles. The van der Waals surface area contributed by atoms with Gasteiger partial charge in [0.25, 0.3) is 0 Å². The first-order valence-corrected chi connectivity index (χ1v) is 8.07. The molecule has 0 unspecified atom stereocenters. The number of rotatable bonds is 5. The Bertz CT molecular complexity index is 605. The summed E-state index contributed by atoms with van der Waals surface area (Å²) in [6.45, 7) is 4.34. The monoisotopic (exact) mass is 311 g/mol. The number of thiophene rings is 1. The van der Waals surface area contributed by atoms with Gasteiger partial charge in [0.2, 0.25) is 0 Å². The fraction of sp³-hybridized carbons (Fsp3) is 0.462. The molecular weight excluding hydrogens is 294 g/mol. The number of aromatic nitrogens is 3. The van der Waals surface area contributed by atoms with Gasteiger partial charge in [-0.1, -0.05) is 25.6 Å². The van der Waals surface area contributed by atoms with Gasteiger partial charge in [-0.05, 0) is 12.0 Å².